The minimum absolute atomic E-state index is 0. The van der Waals surface area contributed by atoms with Crippen molar-refractivity contribution in [2.75, 3.05) is 39.7 Å². The van der Waals surface area contributed by atoms with Gasteiger partial charge in [-0.1, -0.05) is 6.07 Å². The molecule has 8 heteroatoms. The number of hydrogen-bond acceptors (Lipinski definition) is 5. The van der Waals surface area contributed by atoms with E-state index in [9.17, 15) is 0 Å². The molecule has 0 amide bonds. The highest BCUT2D eigenvalue weighted by Crippen LogP contribution is 2.32. The Balaban J connectivity index is 0.00000243. The van der Waals surface area contributed by atoms with Crippen LogP contribution in [0.2, 0.25) is 0 Å². The van der Waals surface area contributed by atoms with Gasteiger partial charge in [0, 0.05) is 26.3 Å². The summed E-state index contributed by atoms with van der Waals surface area (Å²) in [5.74, 6) is 2.40. The molecule has 3 rings (SSSR count). The first-order valence-electron chi connectivity index (χ1n) is 8.95. The highest BCUT2D eigenvalue weighted by Gasteiger charge is 2.15. The largest absolute Gasteiger partial charge is 0.454 e. The number of rotatable bonds is 8. The van der Waals surface area contributed by atoms with Gasteiger partial charge in [0.15, 0.2) is 17.5 Å². The summed E-state index contributed by atoms with van der Waals surface area (Å²) in [6.45, 7) is 6.86. The van der Waals surface area contributed by atoms with Crippen molar-refractivity contribution in [3.8, 4) is 11.5 Å². The van der Waals surface area contributed by atoms with E-state index in [-0.39, 0.29) is 30.1 Å². The van der Waals surface area contributed by atoms with E-state index >= 15 is 0 Å². The van der Waals surface area contributed by atoms with Crippen molar-refractivity contribution in [1.82, 2.24) is 10.6 Å². The maximum absolute atomic E-state index is 5.77. The molecule has 1 aromatic rings. The number of guanidine groups is 1. The lowest BCUT2D eigenvalue weighted by molar-refractivity contribution is 0.0420. The second-order valence-corrected chi connectivity index (χ2v) is 6.02. The molecule has 0 aliphatic carbocycles. The summed E-state index contributed by atoms with van der Waals surface area (Å²) in [6.07, 6.45) is 2.21. The molecule has 7 nitrogen and oxygen atoms in total. The number of nitrogens with one attached hydrogen (secondary N) is 2. The molecule has 146 valence electrons. The molecule has 0 radical (unpaired) electrons. The smallest absolute Gasteiger partial charge is 0.231 e. The van der Waals surface area contributed by atoms with Gasteiger partial charge in [0.2, 0.25) is 6.79 Å². The third-order valence-corrected chi connectivity index (χ3v) is 4.06. The Morgan fingerprint density at radius 1 is 1.27 bits per heavy atom. The predicted octanol–water partition coefficient (Wildman–Crippen LogP) is 2.28. The van der Waals surface area contributed by atoms with E-state index in [4.69, 9.17) is 18.9 Å². The van der Waals surface area contributed by atoms with Gasteiger partial charge >= 0.3 is 0 Å². The van der Waals surface area contributed by atoms with Crippen LogP contribution in [-0.2, 0) is 16.0 Å². The maximum atomic E-state index is 5.77. The van der Waals surface area contributed by atoms with Gasteiger partial charge in [-0.05, 0) is 37.5 Å². The van der Waals surface area contributed by atoms with Crippen molar-refractivity contribution in [2.45, 2.75) is 32.4 Å². The Kier molecular flexibility index (Phi) is 9.27. The molecule has 1 unspecified atom stereocenters. The van der Waals surface area contributed by atoms with E-state index in [1.165, 1.54) is 0 Å². The summed E-state index contributed by atoms with van der Waals surface area (Å²) >= 11 is 0. The molecule has 1 aromatic carbocycles. The lowest BCUT2D eigenvalue weighted by Crippen LogP contribution is -2.38. The van der Waals surface area contributed by atoms with Crippen LogP contribution in [-0.4, -0.2) is 51.8 Å². The third kappa shape index (κ3) is 6.48. The fourth-order valence-electron chi connectivity index (χ4n) is 2.72. The SMILES string of the molecule is CCNC(=NCc1ccc2c(c1)OCO2)NCCCOC1CCOC1.I. The molecule has 1 saturated heterocycles. The number of fused-ring (bicyclic) bond motifs is 1. The molecular formula is C18H28IN3O4. The van der Waals surface area contributed by atoms with Crippen LogP contribution in [0.25, 0.3) is 0 Å². The van der Waals surface area contributed by atoms with Crippen molar-refractivity contribution in [2.24, 2.45) is 4.99 Å². The van der Waals surface area contributed by atoms with Gasteiger partial charge in [-0.3, -0.25) is 0 Å². The van der Waals surface area contributed by atoms with E-state index in [1.54, 1.807) is 0 Å². The molecule has 0 saturated carbocycles. The number of ether oxygens (including phenoxy) is 4. The second kappa shape index (κ2) is 11.5. The Bertz CT molecular complexity index is 580. The number of hydrogen-bond donors (Lipinski definition) is 2. The third-order valence-electron chi connectivity index (χ3n) is 4.06. The number of halogens is 1. The molecule has 2 aliphatic rings. The Morgan fingerprint density at radius 3 is 2.96 bits per heavy atom. The molecule has 1 fully saturated rings. The first-order chi connectivity index (χ1) is 12.3. The van der Waals surface area contributed by atoms with Crippen LogP contribution in [0, 0.1) is 0 Å². The van der Waals surface area contributed by atoms with E-state index in [1.807, 2.05) is 18.2 Å². The molecule has 2 aliphatic heterocycles. The number of benzene rings is 1. The second-order valence-electron chi connectivity index (χ2n) is 6.02. The fraction of sp³-hybridized carbons (Fsp3) is 0.611. The highest BCUT2D eigenvalue weighted by molar-refractivity contribution is 14.0. The zero-order chi connectivity index (χ0) is 17.3. The summed E-state index contributed by atoms with van der Waals surface area (Å²) in [4.78, 5) is 4.62. The molecule has 2 heterocycles. The Morgan fingerprint density at radius 2 is 2.15 bits per heavy atom. The molecule has 0 aromatic heterocycles. The summed E-state index contributed by atoms with van der Waals surface area (Å²) in [6, 6.07) is 5.92. The van der Waals surface area contributed by atoms with E-state index < -0.39 is 0 Å². The minimum Gasteiger partial charge on any atom is -0.454 e. The van der Waals surface area contributed by atoms with Crippen LogP contribution in [0.1, 0.15) is 25.3 Å². The minimum atomic E-state index is 0. The van der Waals surface area contributed by atoms with E-state index in [0.717, 1.165) is 68.8 Å². The first kappa shape index (κ1) is 21.0. The van der Waals surface area contributed by atoms with Gasteiger partial charge in [0.1, 0.15) is 0 Å². The average molecular weight is 477 g/mol. The van der Waals surface area contributed by atoms with Gasteiger partial charge in [-0.2, -0.15) is 0 Å². The summed E-state index contributed by atoms with van der Waals surface area (Å²) < 4.78 is 21.8. The number of aliphatic imine (C=N–C) groups is 1. The van der Waals surface area contributed by atoms with Crippen LogP contribution < -0.4 is 20.1 Å². The van der Waals surface area contributed by atoms with E-state index in [2.05, 4.69) is 22.5 Å². The normalized spacial score (nSPS) is 18.5. The molecule has 26 heavy (non-hydrogen) atoms. The Labute approximate surface area is 171 Å². The van der Waals surface area contributed by atoms with Gasteiger partial charge in [0.05, 0.1) is 19.3 Å². The average Bonchev–Trinajstić information content (AvgIpc) is 3.30. The first-order valence-corrected chi connectivity index (χ1v) is 8.95. The van der Waals surface area contributed by atoms with Gasteiger partial charge in [-0.15, -0.1) is 24.0 Å². The highest BCUT2D eigenvalue weighted by atomic mass is 127. The fourth-order valence-corrected chi connectivity index (χ4v) is 2.72. The Hall–Kier alpha value is -1.26. The van der Waals surface area contributed by atoms with E-state index in [0.29, 0.717) is 13.3 Å². The van der Waals surface area contributed by atoms with Crippen LogP contribution in [0.4, 0.5) is 0 Å². The molecule has 1 atom stereocenters. The molecule has 0 spiro atoms. The topological polar surface area (TPSA) is 73.3 Å². The van der Waals surface area contributed by atoms with Gasteiger partial charge in [0.25, 0.3) is 0 Å². The van der Waals surface area contributed by atoms with Crippen LogP contribution in [0.15, 0.2) is 23.2 Å². The molecular weight excluding hydrogens is 449 g/mol. The van der Waals surface area contributed by atoms with Crippen LogP contribution >= 0.6 is 24.0 Å². The standard InChI is InChI=1S/C18H27N3O4.HI/c1-2-19-18(20-7-3-8-23-15-6-9-22-12-15)21-11-14-4-5-16-17(10-14)25-13-24-16;/h4-5,10,15H,2-3,6-9,11-13H2,1H3,(H2,19,20,21);1H. The van der Waals surface area contributed by atoms with Crippen LogP contribution in [0.3, 0.4) is 0 Å². The predicted molar refractivity (Wildman–Crippen MR) is 111 cm³/mol. The van der Waals surface area contributed by atoms with Crippen molar-refractivity contribution in [3.63, 3.8) is 0 Å². The lowest BCUT2D eigenvalue weighted by Gasteiger charge is -2.13. The van der Waals surface area contributed by atoms with Crippen molar-refractivity contribution in [1.29, 1.82) is 0 Å². The van der Waals surface area contributed by atoms with Gasteiger partial charge in [-0.25, -0.2) is 4.99 Å². The quantitative estimate of drug-likeness (QED) is 0.259. The molecule has 2 N–H and O–H groups in total. The summed E-state index contributed by atoms with van der Waals surface area (Å²) in [7, 11) is 0. The molecule has 0 bridgehead atoms. The zero-order valence-corrected chi connectivity index (χ0v) is 17.5. The van der Waals surface area contributed by atoms with Crippen molar-refractivity contribution in [3.05, 3.63) is 23.8 Å². The maximum Gasteiger partial charge on any atom is 0.231 e. The monoisotopic (exact) mass is 477 g/mol. The van der Waals surface area contributed by atoms with Crippen LogP contribution in [0.5, 0.6) is 11.5 Å². The van der Waals surface area contributed by atoms with Crippen molar-refractivity contribution >= 4 is 29.9 Å². The van der Waals surface area contributed by atoms with Crippen molar-refractivity contribution < 1.29 is 18.9 Å². The lowest BCUT2D eigenvalue weighted by atomic mass is 10.2. The summed E-state index contributed by atoms with van der Waals surface area (Å²) in [5.41, 5.74) is 1.09. The summed E-state index contributed by atoms with van der Waals surface area (Å²) in [5, 5.41) is 6.60. The van der Waals surface area contributed by atoms with Gasteiger partial charge < -0.3 is 29.6 Å². The zero-order valence-electron chi connectivity index (χ0n) is 15.2. The number of nitrogens with zero attached hydrogens (tertiary/aromatic N) is 1.